The lowest BCUT2D eigenvalue weighted by atomic mass is 9.91. The molecule has 0 atom stereocenters. The highest BCUT2D eigenvalue weighted by Gasteiger charge is 2.22. The van der Waals surface area contributed by atoms with Gasteiger partial charge in [-0.3, -0.25) is 9.59 Å². The summed E-state index contributed by atoms with van der Waals surface area (Å²) < 4.78 is 0. The lowest BCUT2D eigenvalue weighted by Crippen LogP contribution is -2.34. The fourth-order valence-electron chi connectivity index (χ4n) is 2.33. The third-order valence-corrected chi connectivity index (χ3v) is 4.58. The van der Waals surface area contributed by atoms with Crippen LogP contribution in [0.4, 0.5) is 0 Å². The fourth-order valence-corrected chi connectivity index (χ4v) is 3.12. The van der Waals surface area contributed by atoms with E-state index in [1.54, 1.807) is 5.38 Å². The summed E-state index contributed by atoms with van der Waals surface area (Å²) in [7, 11) is 0. The van der Waals surface area contributed by atoms with Crippen molar-refractivity contribution in [1.82, 2.24) is 15.2 Å². The number of carbonyl (C=O) groups is 2. The molecule has 0 fully saturated rings. The average Bonchev–Trinajstić information content (AvgIpc) is 2.98. The molecule has 142 valence electrons. The number of hydrogen-bond acceptors (Lipinski definition) is 4. The van der Waals surface area contributed by atoms with Gasteiger partial charge >= 0.3 is 0 Å². The molecule has 1 N–H and O–H groups in total. The van der Waals surface area contributed by atoms with E-state index in [9.17, 15) is 9.59 Å². The van der Waals surface area contributed by atoms with Crippen molar-refractivity contribution in [2.75, 3.05) is 13.1 Å². The molecule has 0 saturated carbocycles. The molecule has 0 aromatic carbocycles. The van der Waals surface area contributed by atoms with Crippen molar-refractivity contribution in [3.05, 3.63) is 16.1 Å². The Balaban J connectivity index is 2.70. The molecule has 0 aliphatic carbocycles. The minimum atomic E-state index is -0.128. The van der Waals surface area contributed by atoms with E-state index in [4.69, 9.17) is 0 Å². The quantitative estimate of drug-likeness (QED) is 0.629. The minimum Gasteiger partial charge on any atom is -0.351 e. The molecule has 0 bridgehead atoms. The number of amides is 2. The Morgan fingerprint density at radius 3 is 2.48 bits per heavy atom. The Morgan fingerprint density at radius 2 is 1.88 bits per heavy atom. The van der Waals surface area contributed by atoms with Crippen molar-refractivity contribution in [3.8, 4) is 0 Å². The molecule has 0 unspecified atom stereocenters. The van der Waals surface area contributed by atoms with Gasteiger partial charge in [-0.1, -0.05) is 47.5 Å². The van der Waals surface area contributed by atoms with E-state index in [1.807, 2.05) is 4.90 Å². The summed E-state index contributed by atoms with van der Waals surface area (Å²) in [5.41, 5.74) is 0.421. The van der Waals surface area contributed by atoms with Crippen LogP contribution < -0.4 is 5.32 Å². The lowest BCUT2D eigenvalue weighted by molar-refractivity contribution is -0.133. The lowest BCUT2D eigenvalue weighted by Gasteiger charge is -2.26. The molecule has 25 heavy (non-hydrogen) atoms. The van der Waals surface area contributed by atoms with Crippen LogP contribution in [-0.4, -0.2) is 34.8 Å². The molecule has 0 aliphatic heterocycles. The first-order chi connectivity index (χ1) is 11.8. The second-order valence-electron chi connectivity index (χ2n) is 7.64. The first-order valence-corrected chi connectivity index (χ1v) is 10.1. The van der Waals surface area contributed by atoms with Gasteiger partial charge in [-0.05, 0) is 18.3 Å². The molecule has 1 aromatic heterocycles. The fraction of sp³-hybridized carbons (Fsp3) is 0.737. The summed E-state index contributed by atoms with van der Waals surface area (Å²) in [5.74, 6) is 0.0298. The van der Waals surface area contributed by atoms with Crippen LogP contribution in [0.1, 0.15) is 82.2 Å². The first kappa shape index (κ1) is 21.6. The predicted octanol–water partition coefficient (Wildman–Crippen LogP) is 4.24. The molecule has 0 radical (unpaired) electrons. The Hall–Kier alpha value is -1.43. The zero-order chi connectivity index (χ0) is 18.9. The van der Waals surface area contributed by atoms with Crippen molar-refractivity contribution >= 4 is 23.2 Å². The standard InChI is InChI=1S/C19H33N3O2S/c1-6-8-10-20-18(24)15-14-25-16(21-15)13-22(11-9-7-2)17(23)12-19(3,4)5/h14H,6-13H2,1-5H3,(H,20,24). The summed E-state index contributed by atoms with van der Waals surface area (Å²) in [4.78, 5) is 31.0. The van der Waals surface area contributed by atoms with Crippen LogP contribution >= 0.6 is 11.3 Å². The van der Waals surface area contributed by atoms with Gasteiger partial charge in [0.05, 0.1) is 6.54 Å². The number of aromatic nitrogens is 1. The van der Waals surface area contributed by atoms with Crippen molar-refractivity contribution in [2.24, 2.45) is 5.41 Å². The number of hydrogen-bond donors (Lipinski definition) is 1. The molecule has 5 nitrogen and oxygen atoms in total. The van der Waals surface area contributed by atoms with Crippen LogP contribution in [0.2, 0.25) is 0 Å². The Bertz CT molecular complexity index is 549. The Morgan fingerprint density at radius 1 is 1.20 bits per heavy atom. The van der Waals surface area contributed by atoms with Crippen LogP contribution in [0.15, 0.2) is 5.38 Å². The molecule has 0 saturated heterocycles. The molecule has 1 heterocycles. The third-order valence-electron chi connectivity index (χ3n) is 3.74. The van der Waals surface area contributed by atoms with E-state index in [1.165, 1.54) is 11.3 Å². The maximum atomic E-state index is 12.6. The SMILES string of the molecule is CCCCNC(=O)c1csc(CN(CCCC)C(=O)CC(C)(C)C)n1. The van der Waals surface area contributed by atoms with E-state index in [2.05, 4.69) is 44.9 Å². The van der Waals surface area contributed by atoms with Crippen LogP contribution in [0, 0.1) is 5.41 Å². The van der Waals surface area contributed by atoms with Crippen LogP contribution in [-0.2, 0) is 11.3 Å². The second kappa shape index (κ2) is 10.5. The zero-order valence-electron chi connectivity index (χ0n) is 16.4. The van der Waals surface area contributed by atoms with E-state index < -0.39 is 0 Å². The van der Waals surface area contributed by atoms with Crippen molar-refractivity contribution in [2.45, 2.75) is 73.3 Å². The van der Waals surface area contributed by atoms with Crippen molar-refractivity contribution < 1.29 is 9.59 Å². The van der Waals surface area contributed by atoms with E-state index >= 15 is 0 Å². The summed E-state index contributed by atoms with van der Waals surface area (Å²) in [6, 6.07) is 0. The molecule has 0 spiro atoms. The predicted molar refractivity (Wildman–Crippen MR) is 104 cm³/mol. The summed E-state index contributed by atoms with van der Waals surface area (Å²) in [5, 5.41) is 5.48. The number of nitrogens with zero attached hydrogens (tertiary/aromatic N) is 2. The molecule has 6 heteroatoms. The number of thiazole rings is 1. The highest BCUT2D eigenvalue weighted by atomic mass is 32.1. The van der Waals surface area contributed by atoms with Gasteiger partial charge in [0, 0.05) is 24.9 Å². The van der Waals surface area contributed by atoms with Crippen molar-refractivity contribution in [3.63, 3.8) is 0 Å². The zero-order valence-corrected chi connectivity index (χ0v) is 17.2. The second-order valence-corrected chi connectivity index (χ2v) is 8.58. The van der Waals surface area contributed by atoms with Gasteiger partial charge < -0.3 is 10.2 Å². The van der Waals surface area contributed by atoms with Gasteiger partial charge in [0.25, 0.3) is 5.91 Å². The average molecular weight is 368 g/mol. The topological polar surface area (TPSA) is 62.3 Å². The normalized spacial score (nSPS) is 11.4. The minimum absolute atomic E-state index is 0.0330. The summed E-state index contributed by atoms with van der Waals surface area (Å²) in [6.45, 7) is 12.3. The highest BCUT2D eigenvalue weighted by molar-refractivity contribution is 7.09. The van der Waals surface area contributed by atoms with E-state index in [0.717, 1.165) is 37.2 Å². The Labute approximate surface area is 156 Å². The molecule has 0 aliphatic rings. The maximum absolute atomic E-state index is 12.6. The largest absolute Gasteiger partial charge is 0.351 e. The highest BCUT2D eigenvalue weighted by Crippen LogP contribution is 2.21. The number of unbranched alkanes of at least 4 members (excludes halogenated alkanes) is 2. The van der Waals surface area contributed by atoms with Gasteiger partial charge in [0.1, 0.15) is 10.7 Å². The van der Waals surface area contributed by atoms with E-state index in [0.29, 0.717) is 25.2 Å². The maximum Gasteiger partial charge on any atom is 0.270 e. The number of carbonyl (C=O) groups excluding carboxylic acids is 2. The van der Waals surface area contributed by atoms with Crippen molar-refractivity contribution in [1.29, 1.82) is 0 Å². The smallest absolute Gasteiger partial charge is 0.270 e. The molecule has 1 rings (SSSR count). The summed E-state index contributed by atoms with van der Waals surface area (Å²) in [6.07, 6.45) is 4.56. The van der Waals surface area contributed by atoms with Crippen LogP contribution in [0.3, 0.4) is 0 Å². The van der Waals surface area contributed by atoms with Crippen LogP contribution in [0.5, 0.6) is 0 Å². The van der Waals surface area contributed by atoms with Gasteiger partial charge in [0.2, 0.25) is 5.91 Å². The molecule has 1 aromatic rings. The summed E-state index contributed by atoms with van der Waals surface area (Å²) >= 11 is 1.45. The number of rotatable bonds is 10. The first-order valence-electron chi connectivity index (χ1n) is 9.27. The molecular weight excluding hydrogens is 334 g/mol. The molecular formula is C19H33N3O2S. The third kappa shape index (κ3) is 8.47. The van der Waals surface area contributed by atoms with Gasteiger partial charge in [-0.25, -0.2) is 4.98 Å². The van der Waals surface area contributed by atoms with Gasteiger partial charge in [-0.15, -0.1) is 11.3 Å². The number of nitrogens with one attached hydrogen (secondary N) is 1. The Kier molecular flexibility index (Phi) is 9.11. The molecule has 2 amide bonds. The van der Waals surface area contributed by atoms with Gasteiger partial charge in [0.15, 0.2) is 0 Å². The monoisotopic (exact) mass is 367 g/mol. The van der Waals surface area contributed by atoms with E-state index in [-0.39, 0.29) is 17.2 Å². The van der Waals surface area contributed by atoms with Crippen LogP contribution in [0.25, 0.3) is 0 Å². The van der Waals surface area contributed by atoms with Gasteiger partial charge in [-0.2, -0.15) is 0 Å².